The largest absolute Gasteiger partial charge is 0.356 e. The van der Waals surface area contributed by atoms with Crippen molar-refractivity contribution in [1.82, 2.24) is 0 Å². The molecule has 0 spiro atoms. The zero-order valence-corrected chi connectivity index (χ0v) is 21.4. The van der Waals surface area contributed by atoms with Crippen LogP contribution >= 0.6 is 0 Å². The number of aryl methyl sites for hydroxylation is 2. The van der Waals surface area contributed by atoms with E-state index in [9.17, 15) is 0 Å². The Kier molecular flexibility index (Phi) is 6.77. The monoisotopic (exact) mass is 459 g/mol. The zero-order valence-electron chi connectivity index (χ0n) is 21.4. The molecule has 1 nitrogen and oxygen atoms in total. The Hall–Kier alpha value is -3.32. The van der Waals surface area contributed by atoms with Gasteiger partial charge in [0.25, 0.3) is 0 Å². The Labute approximate surface area is 211 Å². The van der Waals surface area contributed by atoms with Gasteiger partial charge in [0.2, 0.25) is 0 Å². The summed E-state index contributed by atoms with van der Waals surface area (Å²) >= 11 is 0. The molecule has 3 aromatic carbocycles. The normalized spacial score (nSPS) is 15.3. The first-order chi connectivity index (χ1) is 17.1. The van der Waals surface area contributed by atoms with Gasteiger partial charge in [0.05, 0.1) is 0 Å². The number of fused-ring (bicyclic) bond motifs is 1. The summed E-state index contributed by atoms with van der Waals surface area (Å²) in [5, 5.41) is 3.57. The molecule has 0 aliphatic heterocycles. The number of hydrogen-bond acceptors (Lipinski definition) is 1. The first kappa shape index (κ1) is 23.4. The molecule has 3 aromatic rings. The second-order valence-electron chi connectivity index (χ2n) is 10.3. The molecule has 0 saturated carbocycles. The maximum Gasteiger partial charge on any atom is 0.0390 e. The minimum atomic E-state index is 0.357. The predicted molar refractivity (Wildman–Crippen MR) is 152 cm³/mol. The lowest BCUT2D eigenvalue weighted by molar-refractivity contribution is 0.354. The second-order valence-corrected chi connectivity index (χ2v) is 10.3. The summed E-state index contributed by atoms with van der Waals surface area (Å²) in [5.41, 5.74) is 12.4. The standard InChI is InChI=1S/C34H37N/c1-4-34(3,5-2)31-19-11-25(12-20-31)9-10-26-13-21-32(22-14-26)35-33-8-6-7-28(24-33)30-18-16-27-15-17-29(27)23-30/h6-11,13-14,16,18-19,21-24,35H,4-5,12,15,17,20H2,1-3H3/b10-9+. The molecule has 0 amide bonds. The van der Waals surface area contributed by atoms with E-state index in [0.29, 0.717) is 5.41 Å². The van der Waals surface area contributed by atoms with Crippen LogP contribution in [0.4, 0.5) is 11.4 Å². The summed E-state index contributed by atoms with van der Waals surface area (Å²) in [7, 11) is 0. The highest BCUT2D eigenvalue weighted by atomic mass is 14.9. The van der Waals surface area contributed by atoms with Crippen molar-refractivity contribution in [3.8, 4) is 11.1 Å². The van der Waals surface area contributed by atoms with E-state index in [1.165, 1.54) is 65.5 Å². The molecule has 0 saturated heterocycles. The van der Waals surface area contributed by atoms with Crippen molar-refractivity contribution in [3.05, 3.63) is 113 Å². The predicted octanol–water partition coefficient (Wildman–Crippen LogP) is 9.68. The van der Waals surface area contributed by atoms with Crippen LogP contribution in [-0.4, -0.2) is 0 Å². The number of benzene rings is 3. The van der Waals surface area contributed by atoms with Crippen molar-refractivity contribution >= 4 is 17.5 Å². The molecule has 1 heteroatoms. The average molecular weight is 460 g/mol. The van der Waals surface area contributed by atoms with Gasteiger partial charge in [0, 0.05) is 11.4 Å². The van der Waals surface area contributed by atoms with Gasteiger partial charge in [-0.1, -0.05) is 93.1 Å². The lowest BCUT2D eigenvalue weighted by Gasteiger charge is -2.32. The Morgan fingerprint density at radius 2 is 1.49 bits per heavy atom. The fourth-order valence-electron chi connectivity index (χ4n) is 5.20. The SMILES string of the molecule is CCC(C)(CC)C1=CC=C(/C=C/c2ccc(Nc3cccc(-c4ccc5c(c4)CC5)c3)cc2)CC1. The Morgan fingerprint density at radius 1 is 0.714 bits per heavy atom. The third kappa shape index (κ3) is 5.20. The van der Waals surface area contributed by atoms with Crippen LogP contribution in [0.1, 0.15) is 63.1 Å². The van der Waals surface area contributed by atoms with Gasteiger partial charge < -0.3 is 5.32 Å². The summed E-state index contributed by atoms with van der Waals surface area (Å²) in [6.07, 6.45) is 16.4. The number of nitrogens with one attached hydrogen (secondary N) is 1. The molecule has 2 aliphatic carbocycles. The van der Waals surface area contributed by atoms with Gasteiger partial charge in [-0.25, -0.2) is 0 Å². The minimum Gasteiger partial charge on any atom is -0.356 e. The maximum absolute atomic E-state index is 3.57. The molecular weight excluding hydrogens is 422 g/mol. The van der Waals surface area contributed by atoms with E-state index in [2.05, 4.69) is 117 Å². The van der Waals surface area contributed by atoms with E-state index in [-0.39, 0.29) is 0 Å². The Bertz CT molecular complexity index is 1280. The molecule has 178 valence electrons. The van der Waals surface area contributed by atoms with Gasteiger partial charge in [-0.3, -0.25) is 0 Å². The summed E-state index contributed by atoms with van der Waals surface area (Å²) < 4.78 is 0. The van der Waals surface area contributed by atoms with E-state index in [1.54, 1.807) is 5.57 Å². The average Bonchev–Trinajstić information content (AvgIpc) is 2.89. The first-order valence-electron chi connectivity index (χ1n) is 13.2. The first-order valence-corrected chi connectivity index (χ1v) is 13.2. The summed E-state index contributed by atoms with van der Waals surface area (Å²) in [6.45, 7) is 7.03. The Balaban J connectivity index is 1.23. The fourth-order valence-corrected chi connectivity index (χ4v) is 5.20. The van der Waals surface area contributed by atoms with Gasteiger partial charge >= 0.3 is 0 Å². The molecule has 0 radical (unpaired) electrons. The highest BCUT2D eigenvalue weighted by molar-refractivity contribution is 5.72. The van der Waals surface area contributed by atoms with Crippen LogP contribution in [0.5, 0.6) is 0 Å². The summed E-state index contributed by atoms with van der Waals surface area (Å²) in [6, 6.07) is 24.3. The van der Waals surface area contributed by atoms with E-state index < -0.39 is 0 Å². The summed E-state index contributed by atoms with van der Waals surface area (Å²) in [5.74, 6) is 0. The molecule has 1 N–H and O–H groups in total. The van der Waals surface area contributed by atoms with Crippen LogP contribution in [0, 0.1) is 5.41 Å². The van der Waals surface area contributed by atoms with E-state index in [4.69, 9.17) is 0 Å². The molecule has 0 heterocycles. The number of anilines is 2. The topological polar surface area (TPSA) is 12.0 Å². The van der Waals surface area contributed by atoms with Crippen LogP contribution in [0.25, 0.3) is 17.2 Å². The van der Waals surface area contributed by atoms with Gasteiger partial charge in [0.15, 0.2) is 0 Å². The van der Waals surface area contributed by atoms with Crippen LogP contribution < -0.4 is 5.32 Å². The lowest BCUT2D eigenvalue weighted by atomic mass is 9.73. The van der Waals surface area contributed by atoms with Crippen LogP contribution in [0.3, 0.4) is 0 Å². The molecule has 0 atom stereocenters. The van der Waals surface area contributed by atoms with Gasteiger partial charge in [0.1, 0.15) is 0 Å². The minimum absolute atomic E-state index is 0.357. The number of allylic oxidation sites excluding steroid dienone is 5. The third-order valence-electron chi connectivity index (χ3n) is 8.27. The lowest BCUT2D eigenvalue weighted by Crippen LogP contribution is -2.18. The van der Waals surface area contributed by atoms with Crippen molar-refractivity contribution in [2.45, 2.75) is 59.3 Å². The molecule has 0 bridgehead atoms. The molecule has 0 unspecified atom stereocenters. The quantitative estimate of drug-likeness (QED) is 0.353. The summed E-state index contributed by atoms with van der Waals surface area (Å²) in [4.78, 5) is 0. The van der Waals surface area contributed by atoms with Crippen molar-refractivity contribution in [1.29, 1.82) is 0 Å². The van der Waals surface area contributed by atoms with Crippen LogP contribution in [0.15, 0.2) is 96.1 Å². The third-order valence-corrected chi connectivity index (χ3v) is 8.27. The van der Waals surface area contributed by atoms with Crippen LogP contribution in [0.2, 0.25) is 0 Å². The van der Waals surface area contributed by atoms with Gasteiger partial charge in [-0.05, 0) is 102 Å². The Morgan fingerprint density at radius 3 is 2.14 bits per heavy atom. The molecular formula is C34H37N. The van der Waals surface area contributed by atoms with E-state index >= 15 is 0 Å². The van der Waals surface area contributed by atoms with Crippen LogP contribution in [-0.2, 0) is 12.8 Å². The van der Waals surface area contributed by atoms with E-state index in [0.717, 1.165) is 17.8 Å². The van der Waals surface area contributed by atoms with Crippen molar-refractivity contribution in [2.75, 3.05) is 5.32 Å². The highest BCUT2D eigenvalue weighted by Gasteiger charge is 2.25. The molecule has 0 aromatic heterocycles. The highest BCUT2D eigenvalue weighted by Crippen LogP contribution is 2.39. The van der Waals surface area contributed by atoms with Gasteiger partial charge in [-0.15, -0.1) is 0 Å². The van der Waals surface area contributed by atoms with Crippen molar-refractivity contribution < 1.29 is 0 Å². The number of rotatable bonds is 8. The zero-order chi connectivity index (χ0) is 24.3. The molecule has 2 aliphatic rings. The van der Waals surface area contributed by atoms with Crippen molar-refractivity contribution in [2.24, 2.45) is 5.41 Å². The molecule has 5 rings (SSSR count). The smallest absolute Gasteiger partial charge is 0.0390 e. The fraction of sp³-hybridized carbons (Fsp3) is 0.294. The van der Waals surface area contributed by atoms with E-state index in [1.807, 2.05) is 0 Å². The van der Waals surface area contributed by atoms with Gasteiger partial charge in [-0.2, -0.15) is 0 Å². The van der Waals surface area contributed by atoms with Crippen molar-refractivity contribution in [3.63, 3.8) is 0 Å². The second kappa shape index (κ2) is 10.1. The number of hydrogen-bond donors (Lipinski definition) is 1. The molecule has 35 heavy (non-hydrogen) atoms. The maximum atomic E-state index is 3.57. The molecule has 0 fully saturated rings.